The highest BCUT2D eigenvalue weighted by atomic mass is 35.5. The number of benzene rings is 2. The third-order valence-corrected chi connectivity index (χ3v) is 19.2. The summed E-state index contributed by atoms with van der Waals surface area (Å²) in [5.74, 6) is -9.66. The molecule has 36 heteroatoms. The highest BCUT2D eigenvalue weighted by Crippen LogP contribution is 2.42. The van der Waals surface area contributed by atoms with Crippen molar-refractivity contribution in [1.82, 2.24) is 61.6 Å². The lowest BCUT2D eigenvalue weighted by atomic mass is 10.0. The number of ether oxygens (including phenoxy) is 3. The molecule has 0 unspecified atom stereocenters. The smallest absolute Gasteiger partial charge is 0.407 e. The Kier molecular flexibility index (Phi) is 33.2. The minimum absolute atomic E-state index is 0. The number of piperidine rings is 3. The first-order valence-electron chi connectivity index (χ1n) is 35.9. The molecule has 0 bridgehead atoms. The van der Waals surface area contributed by atoms with Gasteiger partial charge in [0.05, 0.1) is 69.7 Å². The van der Waals surface area contributed by atoms with E-state index in [1.165, 1.54) is 63.8 Å². The second-order valence-corrected chi connectivity index (χ2v) is 28.2. The van der Waals surface area contributed by atoms with E-state index < -0.39 is 48.3 Å². The molecule has 5 aliphatic heterocycles. The summed E-state index contributed by atoms with van der Waals surface area (Å²) in [5.41, 5.74) is 7.10. The molecular weight excluding hydrogens is 1430 g/mol. The van der Waals surface area contributed by atoms with Gasteiger partial charge in [-0.1, -0.05) is 33.1 Å². The van der Waals surface area contributed by atoms with Crippen LogP contribution in [0.5, 0.6) is 11.5 Å². The van der Waals surface area contributed by atoms with Crippen LogP contribution >= 0.6 is 11.6 Å². The fourth-order valence-corrected chi connectivity index (χ4v) is 13.1. The Bertz CT molecular complexity index is 3680. The highest BCUT2D eigenvalue weighted by molar-refractivity contribution is 6.27. The van der Waals surface area contributed by atoms with Crippen LogP contribution in [0.2, 0.25) is 0 Å². The van der Waals surface area contributed by atoms with Gasteiger partial charge in [-0.2, -0.15) is 27.5 Å². The molecule has 2 saturated carbocycles. The topological polar surface area (TPSA) is 378 Å². The van der Waals surface area contributed by atoms with E-state index in [1.54, 1.807) is 44.2 Å². The number of carbonyl (C=O) groups excluding carboxylic acids is 7. The van der Waals surface area contributed by atoms with E-state index >= 15 is 0 Å². The van der Waals surface area contributed by atoms with Crippen molar-refractivity contribution in [2.75, 3.05) is 151 Å². The van der Waals surface area contributed by atoms with Crippen molar-refractivity contribution in [3.63, 3.8) is 0 Å². The van der Waals surface area contributed by atoms with Crippen LogP contribution in [0.3, 0.4) is 0 Å². The molecule has 11 rings (SSSR count). The van der Waals surface area contributed by atoms with E-state index in [0.717, 1.165) is 126 Å². The number of fused-ring (bicyclic) bond motifs is 2. The number of amides is 7. The van der Waals surface area contributed by atoms with Crippen LogP contribution < -0.4 is 77.3 Å². The molecule has 11 N–H and O–H groups in total. The zero-order valence-corrected chi connectivity index (χ0v) is 63.3. The zero-order chi connectivity index (χ0) is 78.3. The zero-order valence-electron chi connectivity index (χ0n) is 62.6. The summed E-state index contributed by atoms with van der Waals surface area (Å²) in [4.78, 5) is 120. The second kappa shape index (κ2) is 40.8. The van der Waals surface area contributed by atoms with Crippen LogP contribution in [0.1, 0.15) is 139 Å². The van der Waals surface area contributed by atoms with Crippen LogP contribution in [0.15, 0.2) is 48.8 Å². The molecule has 108 heavy (non-hydrogen) atoms. The number of carbonyl (C=O) groups is 8. The van der Waals surface area contributed by atoms with E-state index in [9.17, 15) is 55.9 Å². The molecule has 0 spiro atoms. The molecule has 598 valence electrons. The number of hydrogen-bond donors (Lipinski definition) is 10. The normalized spacial score (nSPS) is 18.4. The van der Waals surface area contributed by atoms with Gasteiger partial charge >= 0.3 is 23.9 Å². The molecule has 4 aromatic rings. The monoisotopic (exact) mass is 1540 g/mol. The first kappa shape index (κ1) is 87.7. The molecule has 7 heterocycles. The van der Waals surface area contributed by atoms with Crippen molar-refractivity contribution in [1.29, 1.82) is 0 Å². The molecular formula is C72H108ClF4N19O12. The Balaban J connectivity index is 0.000000243. The van der Waals surface area contributed by atoms with Gasteiger partial charge in [-0.05, 0) is 134 Å². The van der Waals surface area contributed by atoms with Crippen LogP contribution in [-0.4, -0.2) is 251 Å². The number of rotatable bonds is 17. The number of carboxylic acids is 1. The average Bonchev–Trinajstić information content (AvgIpc) is 1.59. The van der Waals surface area contributed by atoms with Crippen molar-refractivity contribution in [2.45, 2.75) is 166 Å². The number of methoxy groups -OCH3 is 2. The average molecular weight is 1540 g/mol. The number of aromatic nitrogens is 4. The molecule has 3 saturated heterocycles. The Hall–Kier alpha value is -9.19. The largest absolute Gasteiger partial charge is 0.495 e. The van der Waals surface area contributed by atoms with Gasteiger partial charge in [0, 0.05) is 97.2 Å². The van der Waals surface area contributed by atoms with Crippen LogP contribution in [0, 0.1) is 0 Å². The van der Waals surface area contributed by atoms with Crippen LogP contribution in [0.25, 0.3) is 0 Å². The lowest BCUT2D eigenvalue weighted by Gasteiger charge is -2.31. The number of likely N-dealkylation sites (N-methyl/N-ethyl adjacent to an activating group) is 2. The molecule has 31 nitrogen and oxygen atoms in total. The number of alkyl halides is 5. The van der Waals surface area contributed by atoms with Crippen molar-refractivity contribution >= 4 is 105 Å². The van der Waals surface area contributed by atoms with Gasteiger partial charge < -0.3 is 87.2 Å². The summed E-state index contributed by atoms with van der Waals surface area (Å²) in [7, 11) is 10.3. The number of aromatic carboxylic acids is 1. The molecule has 7 aliphatic rings. The van der Waals surface area contributed by atoms with Crippen molar-refractivity contribution in [3.8, 4) is 11.5 Å². The van der Waals surface area contributed by atoms with Gasteiger partial charge in [0.25, 0.3) is 17.7 Å². The number of nitrogens with one attached hydrogen (secondary N) is 8. The molecule has 2 aromatic heterocycles. The summed E-state index contributed by atoms with van der Waals surface area (Å²) in [5, 5.41) is 32.0. The summed E-state index contributed by atoms with van der Waals surface area (Å²) < 4.78 is 75.1. The molecule has 7 amide bonds. The minimum atomic E-state index is -3.56. The maximum atomic E-state index is 14.9. The van der Waals surface area contributed by atoms with Gasteiger partial charge in [0.2, 0.25) is 29.6 Å². The molecule has 0 radical (unpaired) electrons. The van der Waals surface area contributed by atoms with Crippen molar-refractivity contribution in [3.05, 3.63) is 59.9 Å². The number of nitrogens with two attached hydrogens (primary N) is 1. The van der Waals surface area contributed by atoms with Crippen LogP contribution in [-0.2, 0) is 28.7 Å². The number of anilines is 8. The second-order valence-electron chi connectivity index (χ2n) is 27.9. The number of hydrogen-bond acceptors (Lipinski definition) is 23. The maximum absolute atomic E-state index is 14.9. The first-order chi connectivity index (χ1) is 50.8. The number of carboxylic acid groups (broad SMARTS) is 1. The Morgan fingerprint density at radius 3 is 1.42 bits per heavy atom. The quantitative estimate of drug-likeness (QED) is 0.0382. The van der Waals surface area contributed by atoms with Gasteiger partial charge in [0.1, 0.15) is 34.4 Å². The van der Waals surface area contributed by atoms with Gasteiger partial charge in [-0.25, -0.2) is 19.6 Å². The van der Waals surface area contributed by atoms with Crippen LogP contribution in [0.4, 0.5) is 68.6 Å². The summed E-state index contributed by atoms with van der Waals surface area (Å²) in [6.07, 6.45) is 14.5. The standard InChI is InChI=1S/C29H38F2N8O4.C21H23F2N5O4.C10H20N2O2.C8H17N3O.C3H6ClNO.CH4/c1-32-24(40)16-38-12-10-19(11-13-38)34-26(41)18-8-9-21(23(14-18)43-3)35-28-33-15-22-25(36-28)39(20-6-4-5-7-20)17-29(30,31)27(42)37(22)2;1-27-15-10-24-20(25-14-8-7-12(18(29)30)9-16(14)32-2)26-17(15)28(13-5-3-4-6-13)11-21(22,23)19(27)31;1-10(2,3)14-9(13)12-8-4-6-11-7-5-8;1-10-8(12)6-11-4-2-7(9)3-5-11;1-5-3(6)2-4;/h8-9,14-15,19-20H,4-7,10-13,16-17H2,1-3H3,(H,32,40)(H,34,41)(H,33,35,36);7-10,13H,3-6,11H2,1-2H3,(H,29,30)(H,24,25,26);8,11H,4-7H2,1-3H3,(H,12,13);7H,2-6,9H2,1H3,(H,10,12);2H2,1H3,(H,5,6);1H4. The first-order valence-corrected chi connectivity index (χ1v) is 36.5. The van der Waals surface area contributed by atoms with E-state index in [-0.39, 0.29) is 113 Å². The number of nitrogens with zero attached hydrogens (tertiary/aromatic N) is 10. The Morgan fingerprint density at radius 1 is 0.620 bits per heavy atom. The van der Waals surface area contributed by atoms with Gasteiger partial charge in [0.15, 0.2) is 11.6 Å². The highest BCUT2D eigenvalue weighted by Gasteiger charge is 2.50. The maximum Gasteiger partial charge on any atom is 0.407 e. The van der Waals surface area contributed by atoms with E-state index in [4.69, 9.17) is 36.7 Å². The summed E-state index contributed by atoms with van der Waals surface area (Å²) in [6, 6.07) is 9.50. The predicted molar refractivity (Wildman–Crippen MR) is 405 cm³/mol. The summed E-state index contributed by atoms with van der Waals surface area (Å²) in [6.45, 7) is 10.3. The SMILES string of the molecule is C.CC(C)(C)OC(=O)NC1CCNCC1.CNC(=O)CCl.CNC(=O)CN1CCC(N)CC1.CNC(=O)CN1CCC(NC(=O)c2ccc(Nc3ncc4c(n3)N(C3CCCC3)CC(F)(F)C(=O)N4C)c(OC)c2)CC1.COc1cc(C(=O)O)ccc1Nc1ncc2c(n1)N(C1CCCC1)CC(F)(F)C(=O)N2C. The van der Waals surface area contributed by atoms with Crippen molar-refractivity contribution < 1.29 is 75.2 Å². The van der Waals surface area contributed by atoms with Crippen molar-refractivity contribution in [2.24, 2.45) is 5.73 Å². The lowest BCUT2D eigenvalue weighted by molar-refractivity contribution is -0.141. The fourth-order valence-electron chi connectivity index (χ4n) is 13.0. The van der Waals surface area contributed by atoms with Gasteiger partial charge in [-0.3, -0.25) is 38.6 Å². The minimum Gasteiger partial charge on any atom is -0.495 e. The molecule has 2 aromatic carbocycles. The Labute approximate surface area is 633 Å². The third-order valence-electron chi connectivity index (χ3n) is 19.0. The number of alkyl carbamates (subject to hydrolysis) is 1. The van der Waals surface area contributed by atoms with E-state index in [0.29, 0.717) is 54.9 Å². The third kappa shape index (κ3) is 25.2. The van der Waals surface area contributed by atoms with E-state index in [1.807, 2.05) is 20.8 Å². The fraction of sp³-hybridized carbons (Fsp3) is 0.611. The summed E-state index contributed by atoms with van der Waals surface area (Å²) >= 11 is 5.04. The van der Waals surface area contributed by atoms with Gasteiger partial charge in [-0.15, -0.1) is 11.6 Å². The molecule has 5 fully saturated rings. The Morgan fingerprint density at radius 2 is 1.03 bits per heavy atom. The predicted octanol–water partition coefficient (Wildman–Crippen LogP) is 6.84. The molecule has 0 atom stereocenters. The number of likely N-dealkylation sites (tertiary alicyclic amines) is 2. The van der Waals surface area contributed by atoms with E-state index in [2.05, 4.69) is 72.3 Å². The lowest BCUT2D eigenvalue weighted by Crippen LogP contribution is -2.48. The number of halogens is 5. The molecule has 2 aliphatic carbocycles.